The van der Waals surface area contributed by atoms with E-state index in [-0.39, 0.29) is 30.5 Å². The third-order valence-electron chi connectivity index (χ3n) is 5.54. The number of carbonyl (C=O) groups excluding carboxylic acids is 2. The minimum absolute atomic E-state index is 0.160. The third kappa shape index (κ3) is 5.89. The van der Waals surface area contributed by atoms with Crippen LogP contribution in [0.1, 0.15) is 28.3 Å². The summed E-state index contributed by atoms with van der Waals surface area (Å²) in [5.41, 5.74) is 3.26. The van der Waals surface area contributed by atoms with Gasteiger partial charge in [0.25, 0.3) is 0 Å². The zero-order valence-corrected chi connectivity index (χ0v) is 18.5. The van der Waals surface area contributed by atoms with Gasteiger partial charge in [0.15, 0.2) is 0 Å². The van der Waals surface area contributed by atoms with Crippen molar-refractivity contribution >= 4 is 11.8 Å². The van der Waals surface area contributed by atoms with Crippen molar-refractivity contribution in [1.82, 2.24) is 20.6 Å². The predicted octanol–water partition coefficient (Wildman–Crippen LogP) is 3.29. The molecule has 1 atom stereocenters. The van der Waals surface area contributed by atoms with Crippen LogP contribution in [0, 0.1) is 0 Å². The third-order valence-corrected chi connectivity index (χ3v) is 5.54. The van der Waals surface area contributed by atoms with Gasteiger partial charge in [0.1, 0.15) is 11.8 Å². The second kappa shape index (κ2) is 11.0. The van der Waals surface area contributed by atoms with Crippen LogP contribution >= 0.6 is 0 Å². The summed E-state index contributed by atoms with van der Waals surface area (Å²) in [6.07, 6.45) is 3.45. The van der Waals surface area contributed by atoms with Gasteiger partial charge in [0.05, 0.1) is 12.2 Å². The molecule has 0 saturated heterocycles. The number of nitrogens with zero attached hydrogens (tertiary/aromatic N) is 1. The van der Waals surface area contributed by atoms with Crippen LogP contribution in [0.3, 0.4) is 0 Å². The molecule has 1 unspecified atom stereocenters. The van der Waals surface area contributed by atoms with Crippen molar-refractivity contribution in [2.45, 2.75) is 24.9 Å². The minimum atomic E-state index is -0.806. The van der Waals surface area contributed by atoms with Gasteiger partial charge in [0, 0.05) is 24.9 Å². The highest BCUT2D eigenvalue weighted by Gasteiger charge is 2.28. The molecule has 0 radical (unpaired) electrons. The monoisotopic (exact) mass is 454 g/mol. The summed E-state index contributed by atoms with van der Waals surface area (Å²) in [5.74, 6) is -0.971. The number of benzene rings is 3. The number of aromatic nitrogens is 2. The number of H-pyrrole nitrogens is 1. The molecule has 0 saturated carbocycles. The molecule has 0 fully saturated rings. The van der Waals surface area contributed by atoms with E-state index in [1.807, 2.05) is 60.7 Å². The Morgan fingerprint density at radius 3 is 2.03 bits per heavy atom. The van der Waals surface area contributed by atoms with E-state index in [0.29, 0.717) is 0 Å². The molecule has 0 aliphatic rings. The van der Waals surface area contributed by atoms with E-state index < -0.39 is 12.0 Å². The highest BCUT2D eigenvalue weighted by molar-refractivity contribution is 5.92. The lowest BCUT2D eigenvalue weighted by atomic mass is 9.90. The van der Waals surface area contributed by atoms with Crippen molar-refractivity contribution in [2.24, 2.45) is 0 Å². The van der Waals surface area contributed by atoms with Crippen molar-refractivity contribution in [3.05, 3.63) is 120 Å². The summed E-state index contributed by atoms with van der Waals surface area (Å²) in [6.45, 7) is 0.273. The summed E-state index contributed by atoms with van der Waals surface area (Å²) in [6, 6.07) is 24.8. The van der Waals surface area contributed by atoms with Gasteiger partial charge in [-0.15, -0.1) is 0 Å². The quantitative estimate of drug-likeness (QED) is 0.311. The first kappa shape index (κ1) is 22.8. The van der Waals surface area contributed by atoms with Gasteiger partial charge in [-0.2, -0.15) is 0 Å². The number of phenols is 1. The Kier molecular flexibility index (Phi) is 7.35. The summed E-state index contributed by atoms with van der Waals surface area (Å²) in [5, 5.41) is 15.3. The van der Waals surface area contributed by atoms with Gasteiger partial charge in [0.2, 0.25) is 11.8 Å². The van der Waals surface area contributed by atoms with E-state index in [9.17, 15) is 14.7 Å². The maximum atomic E-state index is 13.6. The van der Waals surface area contributed by atoms with E-state index in [1.54, 1.807) is 36.8 Å². The maximum absolute atomic E-state index is 13.6. The highest BCUT2D eigenvalue weighted by atomic mass is 16.3. The minimum Gasteiger partial charge on any atom is -0.508 e. The normalized spacial score (nSPS) is 11.7. The fourth-order valence-electron chi connectivity index (χ4n) is 3.79. The number of hydrogen-bond donors (Lipinski definition) is 4. The van der Waals surface area contributed by atoms with Crippen LogP contribution < -0.4 is 10.6 Å². The molecule has 7 heteroatoms. The lowest BCUT2D eigenvalue weighted by Crippen LogP contribution is -2.49. The fraction of sp³-hybridized carbons (Fsp3) is 0.148. The predicted molar refractivity (Wildman–Crippen MR) is 129 cm³/mol. The van der Waals surface area contributed by atoms with Crippen molar-refractivity contribution in [1.29, 1.82) is 0 Å². The topological polar surface area (TPSA) is 107 Å². The van der Waals surface area contributed by atoms with E-state index in [1.165, 1.54) is 0 Å². The number of rotatable bonds is 9. The van der Waals surface area contributed by atoms with Crippen molar-refractivity contribution < 1.29 is 14.7 Å². The maximum Gasteiger partial charge on any atom is 0.243 e. The SMILES string of the molecule is O=C(NCc1ccc(O)cc1)C(Cc1cnc[nH]1)NC(=O)C(c1ccccc1)c1ccccc1. The number of imidazole rings is 1. The van der Waals surface area contributed by atoms with E-state index in [4.69, 9.17) is 0 Å². The smallest absolute Gasteiger partial charge is 0.243 e. The van der Waals surface area contributed by atoms with Gasteiger partial charge in [-0.25, -0.2) is 4.98 Å². The zero-order chi connectivity index (χ0) is 23.8. The lowest BCUT2D eigenvalue weighted by Gasteiger charge is -2.23. The molecule has 4 N–H and O–H groups in total. The summed E-state index contributed by atoms with van der Waals surface area (Å²) < 4.78 is 0. The summed E-state index contributed by atoms with van der Waals surface area (Å²) >= 11 is 0. The Morgan fingerprint density at radius 2 is 1.47 bits per heavy atom. The van der Waals surface area contributed by atoms with Gasteiger partial charge in [-0.1, -0.05) is 72.8 Å². The number of carbonyl (C=O) groups is 2. The Morgan fingerprint density at radius 1 is 0.853 bits per heavy atom. The molecule has 7 nitrogen and oxygen atoms in total. The Labute approximate surface area is 197 Å². The Balaban J connectivity index is 1.54. The molecular formula is C27H26N4O3. The molecular weight excluding hydrogens is 428 g/mol. The van der Waals surface area contributed by atoms with Crippen LogP contribution in [0.4, 0.5) is 0 Å². The van der Waals surface area contributed by atoms with Crippen molar-refractivity contribution in [3.63, 3.8) is 0 Å². The molecule has 0 aliphatic heterocycles. The van der Waals surface area contributed by atoms with E-state index >= 15 is 0 Å². The summed E-state index contributed by atoms with van der Waals surface area (Å²) in [4.78, 5) is 33.7. The van der Waals surface area contributed by atoms with Crippen molar-refractivity contribution in [3.8, 4) is 5.75 Å². The summed E-state index contributed by atoms with van der Waals surface area (Å²) in [7, 11) is 0. The lowest BCUT2D eigenvalue weighted by molar-refractivity contribution is -0.129. The van der Waals surface area contributed by atoms with Crippen LogP contribution in [-0.4, -0.2) is 32.9 Å². The molecule has 1 aromatic heterocycles. The van der Waals surface area contributed by atoms with Crippen LogP contribution in [0.25, 0.3) is 0 Å². The van der Waals surface area contributed by atoms with Crippen LogP contribution in [0.15, 0.2) is 97.5 Å². The average Bonchev–Trinajstić information content (AvgIpc) is 3.38. The first-order chi connectivity index (χ1) is 16.6. The molecule has 0 aliphatic carbocycles. The molecule has 3 aromatic carbocycles. The van der Waals surface area contributed by atoms with Crippen LogP contribution in [-0.2, 0) is 22.6 Å². The molecule has 34 heavy (non-hydrogen) atoms. The second-order valence-corrected chi connectivity index (χ2v) is 7.98. The number of aromatic hydroxyl groups is 1. The van der Waals surface area contributed by atoms with Crippen molar-refractivity contribution in [2.75, 3.05) is 0 Å². The molecule has 4 rings (SSSR count). The largest absolute Gasteiger partial charge is 0.508 e. The number of hydrogen-bond acceptors (Lipinski definition) is 4. The van der Waals surface area contributed by atoms with Crippen LogP contribution in [0.5, 0.6) is 5.75 Å². The second-order valence-electron chi connectivity index (χ2n) is 7.98. The standard InChI is InChI=1S/C27H26N4O3/c32-23-13-11-19(12-14-23)16-29-26(33)24(15-22-17-28-18-30-22)31-27(34)25(20-7-3-1-4-8-20)21-9-5-2-6-10-21/h1-14,17-18,24-25,32H,15-16H2,(H,28,30)(H,29,33)(H,31,34). The first-order valence-electron chi connectivity index (χ1n) is 11.0. The van der Waals surface area contributed by atoms with E-state index in [2.05, 4.69) is 20.6 Å². The van der Waals surface area contributed by atoms with Gasteiger partial charge < -0.3 is 20.7 Å². The fourth-order valence-corrected chi connectivity index (χ4v) is 3.79. The number of amides is 2. The Bertz CT molecular complexity index is 1150. The van der Waals surface area contributed by atoms with Crippen LogP contribution in [0.2, 0.25) is 0 Å². The Hall–Kier alpha value is -4.39. The molecule has 0 spiro atoms. The van der Waals surface area contributed by atoms with Gasteiger partial charge in [-0.05, 0) is 28.8 Å². The first-order valence-corrected chi connectivity index (χ1v) is 11.0. The number of aromatic amines is 1. The highest BCUT2D eigenvalue weighted by Crippen LogP contribution is 2.25. The number of phenolic OH excluding ortho intramolecular Hbond substituents is 1. The molecule has 172 valence electrons. The molecule has 1 heterocycles. The number of nitrogens with one attached hydrogen (secondary N) is 3. The molecule has 2 amide bonds. The van der Waals surface area contributed by atoms with Gasteiger partial charge in [-0.3, -0.25) is 9.59 Å². The zero-order valence-electron chi connectivity index (χ0n) is 18.5. The average molecular weight is 455 g/mol. The molecule has 0 bridgehead atoms. The van der Waals surface area contributed by atoms with Gasteiger partial charge >= 0.3 is 0 Å². The molecule has 4 aromatic rings. The van der Waals surface area contributed by atoms with E-state index in [0.717, 1.165) is 22.4 Å².